The van der Waals surface area contributed by atoms with Gasteiger partial charge < -0.3 is 10.7 Å². The van der Waals surface area contributed by atoms with E-state index in [-0.39, 0.29) is 5.54 Å². The minimum atomic E-state index is -0.247. The fourth-order valence-electron chi connectivity index (χ4n) is 1.55. The van der Waals surface area contributed by atoms with Crippen LogP contribution in [0.25, 0.3) is 11.2 Å². The molecule has 0 atom stereocenters. The molecule has 0 amide bonds. The van der Waals surface area contributed by atoms with Gasteiger partial charge in [0, 0.05) is 17.7 Å². The number of pyridine rings is 1. The van der Waals surface area contributed by atoms with E-state index >= 15 is 0 Å². The number of fused-ring (bicyclic) bond motifs is 1. The third kappa shape index (κ3) is 2.33. The average molecular weight is 204 g/mol. The van der Waals surface area contributed by atoms with Gasteiger partial charge >= 0.3 is 0 Å². The Morgan fingerprint density at radius 2 is 2.07 bits per heavy atom. The Balaban J connectivity index is 2.39. The Hall–Kier alpha value is -1.42. The number of aromatic nitrogens is 3. The van der Waals surface area contributed by atoms with E-state index in [4.69, 9.17) is 5.73 Å². The summed E-state index contributed by atoms with van der Waals surface area (Å²) in [5.74, 6) is 0.899. The Labute approximate surface area is 88.9 Å². The summed E-state index contributed by atoms with van der Waals surface area (Å²) < 4.78 is 0. The largest absolute Gasteiger partial charge is 0.341 e. The second-order valence-electron chi connectivity index (χ2n) is 4.67. The minimum Gasteiger partial charge on any atom is -0.341 e. The monoisotopic (exact) mass is 204 g/mol. The first-order chi connectivity index (χ1) is 6.94. The van der Waals surface area contributed by atoms with Crippen LogP contribution in [0.1, 0.15) is 25.4 Å². The fourth-order valence-corrected chi connectivity index (χ4v) is 1.55. The highest BCUT2D eigenvalue weighted by atomic mass is 15.0. The molecule has 3 N–H and O–H groups in total. The molecule has 2 aromatic heterocycles. The van der Waals surface area contributed by atoms with E-state index in [0.29, 0.717) is 0 Å². The zero-order valence-electron chi connectivity index (χ0n) is 9.33. The van der Waals surface area contributed by atoms with Crippen molar-refractivity contribution in [1.82, 2.24) is 15.0 Å². The first kappa shape index (κ1) is 10.1. The van der Waals surface area contributed by atoms with Crippen molar-refractivity contribution in [2.24, 2.45) is 5.73 Å². The number of rotatable bonds is 2. The quantitative estimate of drug-likeness (QED) is 0.779. The Morgan fingerprint density at radius 3 is 2.73 bits per heavy atom. The number of imidazole rings is 1. The molecule has 0 aliphatic carbocycles. The van der Waals surface area contributed by atoms with E-state index in [1.165, 1.54) is 0 Å². The van der Waals surface area contributed by atoms with Crippen molar-refractivity contribution in [3.05, 3.63) is 23.7 Å². The zero-order valence-corrected chi connectivity index (χ0v) is 9.33. The smallest absolute Gasteiger partial charge is 0.177 e. The van der Waals surface area contributed by atoms with Crippen molar-refractivity contribution in [2.45, 2.75) is 32.7 Å². The van der Waals surface area contributed by atoms with E-state index in [9.17, 15) is 0 Å². The summed E-state index contributed by atoms with van der Waals surface area (Å²) in [7, 11) is 0. The van der Waals surface area contributed by atoms with Gasteiger partial charge in [-0.2, -0.15) is 0 Å². The fraction of sp³-hybridized carbons (Fsp3) is 0.455. The average Bonchev–Trinajstić information content (AvgIpc) is 2.42. The van der Waals surface area contributed by atoms with Gasteiger partial charge in [0.25, 0.3) is 0 Å². The van der Waals surface area contributed by atoms with Gasteiger partial charge in [-0.1, -0.05) is 0 Å². The molecule has 0 fully saturated rings. The van der Waals surface area contributed by atoms with E-state index in [1.54, 1.807) is 0 Å². The van der Waals surface area contributed by atoms with Crippen LogP contribution in [0.5, 0.6) is 0 Å². The van der Waals surface area contributed by atoms with Gasteiger partial charge in [0.1, 0.15) is 5.82 Å². The normalized spacial score (nSPS) is 12.3. The van der Waals surface area contributed by atoms with E-state index < -0.39 is 0 Å². The molecule has 2 rings (SSSR count). The number of H-pyrrole nitrogens is 1. The molecule has 2 aromatic rings. The van der Waals surface area contributed by atoms with Crippen LogP contribution in [0.2, 0.25) is 0 Å². The zero-order chi connectivity index (χ0) is 11.1. The molecule has 15 heavy (non-hydrogen) atoms. The molecule has 0 aliphatic heterocycles. The predicted octanol–water partition coefficient (Wildman–Crippen LogP) is 1.55. The van der Waals surface area contributed by atoms with E-state index in [1.807, 2.05) is 32.9 Å². The van der Waals surface area contributed by atoms with Crippen LogP contribution in [0, 0.1) is 6.92 Å². The standard InChI is InChI=1S/C11H16N4/c1-7-4-5-8-10(13-7)15-9(14-8)6-11(2,3)12/h4-5H,6,12H2,1-3H3,(H,13,14,15). The van der Waals surface area contributed by atoms with Gasteiger partial charge in [0.15, 0.2) is 5.65 Å². The van der Waals surface area contributed by atoms with Gasteiger partial charge in [0.2, 0.25) is 0 Å². The molecule has 2 heterocycles. The minimum absolute atomic E-state index is 0.247. The summed E-state index contributed by atoms with van der Waals surface area (Å²) in [6.45, 7) is 5.93. The number of nitrogens with two attached hydrogens (primary N) is 1. The first-order valence-electron chi connectivity index (χ1n) is 5.05. The van der Waals surface area contributed by atoms with E-state index in [2.05, 4.69) is 15.0 Å². The number of nitrogens with one attached hydrogen (secondary N) is 1. The third-order valence-corrected chi connectivity index (χ3v) is 2.16. The number of aryl methyl sites for hydroxylation is 1. The maximum atomic E-state index is 5.94. The van der Waals surface area contributed by atoms with Crippen LogP contribution in [-0.4, -0.2) is 20.5 Å². The van der Waals surface area contributed by atoms with Crippen LogP contribution < -0.4 is 5.73 Å². The van der Waals surface area contributed by atoms with Crippen molar-refractivity contribution >= 4 is 11.2 Å². The molecule has 0 radical (unpaired) electrons. The van der Waals surface area contributed by atoms with Gasteiger partial charge in [-0.05, 0) is 32.9 Å². The van der Waals surface area contributed by atoms with Crippen LogP contribution in [0.3, 0.4) is 0 Å². The summed E-state index contributed by atoms with van der Waals surface area (Å²) in [4.78, 5) is 12.0. The topological polar surface area (TPSA) is 67.6 Å². The maximum absolute atomic E-state index is 5.94. The SMILES string of the molecule is Cc1ccc2[nH]c(CC(C)(C)N)nc2n1. The van der Waals surface area contributed by atoms with Crippen molar-refractivity contribution in [3.63, 3.8) is 0 Å². The molecule has 0 bridgehead atoms. The summed E-state index contributed by atoms with van der Waals surface area (Å²) in [5, 5.41) is 0. The second-order valence-corrected chi connectivity index (χ2v) is 4.67. The molecule has 4 nitrogen and oxygen atoms in total. The van der Waals surface area contributed by atoms with E-state index in [0.717, 1.165) is 29.1 Å². The van der Waals surface area contributed by atoms with Crippen LogP contribution >= 0.6 is 0 Å². The van der Waals surface area contributed by atoms with Crippen molar-refractivity contribution < 1.29 is 0 Å². The maximum Gasteiger partial charge on any atom is 0.177 e. The summed E-state index contributed by atoms with van der Waals surface area (Å²) in [6, 6.07) is 3.97. The highest BCUT2D eigenvalue weighted by molar-refractivity contribution is 5.70. The lowest BCUT2D eigenvalue weighted by atomic mass is 10.0. The molecular formula is C11H16N4. The van der Waals surface area contributed by atoms with Crippen LogP contribution in [0.4, 0.5) is 0 Å². The Kier molecular flexibility index (Phi) is 2.23. The third-order valence-electron chi connectivity index (χ3n) is 2.16. The summed E-state index contributed by atoms with van der Waals surface area (Å²) in [5.41, 5.74) is 8.42. The molecule has 0 saturated carbocycles. The number of hydrogen-bond donors (Lipinski definition) is 2. The molecule has 4 heteroatoms. The lowest BCUT2D eigenvalue weighted by molar-refractivity contribution is 0.505. The number of hydrogen-bond acceptors (Lipinski definition) is 3. The van der Waals surface area contributed by atoms with Crippen molar-refractivity contribution in [2.75, 3.05) is 0 Å². The van der Waals surface area contributed by atoms with Crippen molar-refractivity contribution in [1.29, 1.82) is 0 Å². The van der Waals surface area contributed by atoms with Gasteiger partial charge in [-0.25, -0.2) is 9.97 Å². The first-order valence-corrected chi connectivity index (χ1v) is 5.05. The number of aromatic amines is 1. The predicted molar refractivity (Wildman–Crippen MR) is 60.6 cm³/mol. The lowest BCUT2D eigenvalue weighted by Crippen LogP contribution is -2.34. The van der Waals surface area contributed by atoms with Crippen LogP contribution in [0.15, 0.2) is 12.1 Å². The van der Waals surface area contributed by atoms with Gasteiger partial charge in [-0.3, -0.25) is 0 Å². The molecule has 0 aromatic carbocycles. The lowest BCUT2D eigenvalue weighted by Gasteiger charge is -2.15. The molecule has 0 aliphatic rings. The summed E-state index contributed by atoms with van der Waals surface area (Å²) >= 11 is 0. The van der Waals surface area contributed by atoms with Crippen molar-refractivity contribution in [3.8, 4) is 0 Å². The molecule has 0 unspecified atom stereocenters. The van der Waals surface area contributed by atoms with Crippen LogP contribution in [-0.2, 0) is 6.42 Å². The highest BCUT2D eigenvalue weighted by Crippen LogP contribution is 2.13. The Morgan fingerprint density at radius 1 is 1.33 bits per heavy atom. The van der Waals surface area contributed by atoms with Gasteiger partial charge in [0.05, 0.1) is 5.52 Å². The Bertz CT molecular complexity index is 479. The second kappa shape index (κ2) is 3.31. The number of nitrogens with zero attached hydrogens (tertiary/aromatic N) is 2. The molecular weight excluding hydrogens is 188 g/mol. The highest BCUT2D eigenvalue weighted by Gasteiger charge is 2.14. The molecule has 0 saturated heterocycles. The summed E-state index contributed by atoms with van der Waals surface area (Å²) in [6.07, 6.45) is 0.725. The molecule has 0 spiro atoms. The molecule has 80 valence electrons. The van der Waals surface area contributed by atoms with Gasteiger partial charge in [-0.15, -0.1) is 0 Å².